The normalized spacial score (nSPS) is 18.2. The predicted molar refractivity (Wildman–Crippen MR) is 132 cm³/mol. The SMILES string of the molecule is Cn1cc(-c2cccc(CNC3=NCC4CN(C(=O)OC(C)(C)C)CCN34)c2)cn1.I. The van der Waals surface area contributed by atoms with Gasteiger partial charge in [-0.1, -0.05) is 18.2 Å². The summed E-state index contributed by atoms with van der Waals surface area (Å²) in [6.07, 6.45) is 3.65. The quantitative estimate of drug-likeness (QED) is 0.609. The molecule has 1 atom stereocenters. The second-order valence-electron chi connectivity index (χ2n) is 8.89. The topological polar surface area (TPSA) is 75.0 Å². The average Bonchev–Trinajstić information content (AvgIpc) is 3.31. The van der Waals surface area contributed by atoms with Crippen LogP contribution in [-0.4, -0.2) is 69.5 Å². The Bertz CT molecular complexity index is 951. The zero-order valence-electron chi connectivity index (χ0n) is 18.5. The van der Waals surface area contributed by atoms with Gasteiger partial charge in [-0.2, -0.15) is 5.10 Å². The molecule has 1 saturated heterocycles. The predicted octanol–water partition coefficient (Wildman–Crippen LogP) is 3.09. The molecule has 3 heterocycles. The fraction of sp³-hybridized carbons (Fsp3) is 0.500. The molecule has 1 amide bonds. The maximum Gasteiger partial charge on any atom is 0.410 e. The van der Waals surface area contributed by atoms with Gasteiger partial charge in [-0.15, -0.1) is 24.0 Å². The molecule has 168 valence electrons. The minimum Gasteiger partial charge on any atom is -0.444 e. The number of aryl methyl sites for hydroxylation is 1. The van der Waals surface area contributed by atoms with Gasteiger partial charge in [-0.3, -0.25) is 9.67 Å². The van der Waals surface area contributed by atoms with Crippen molar-refractivity contribution in [3.8, 4) is 11.1 Å². The van der Waals surface area contributed by atoms with E-state index in [-0.39, 0.29) is 36.1 Å². The van der Waals surface area contributed by atoms with Gasteiger partial charge in [0, 0.05) is 45.0 Å². The van der Waals surface area contributed by atoms with Crippen LogP contribution in [0.5, 0.6) is 0 Å². The maximum atomic E-state index is 12.4. The van der Waals surface area contributed by atoms with Crippen LogP contribution in [0.15, 0.2) is 41.7 Å². The number of aromatic nitrogens is 2. The van der Waals surface area contributed by atoms with Crippen LogP contribution in [0.2, 0.25) is 0 Å². The van der Waals surface area contributed by atoms with Gasteiger partial charge in [0.25, 0.3) is 0 Å². The number of halogens is 1. The molecule has 31 heavy (non-hydrogen) atoms. The van der Waals surface area contributed by atoms with E-state index in [2.05, 4.69) is 44.6 Å². The van der Waals surface area contributed by atoms with E-state index >= 15 is 0 Å². The lowest BCUT2D eigenvalue weighted by Crippen LogP contribution is -2.57. The Balaban J connectivity index is 0.00000272. The lowest BCUT2D eigenvalue weighted by atomic mass is 10.1. The molecule has 1 unspecified atom stereocenters. The van der Waals surface area contributed by atoms with Crippen molar-refractivity contribution in [1.82, 2.24) is 24.9 Å². The molecule has 1 N–H and O–H groups in total. The van der Waals surface area contributed by atoms with Crippen molar-refractivity contribution < 1.29 is 9.53 Å². The minimum absolute atomic E-state index is 0. The van der Waals surface area contributed by atoms with E-state index in [1.807, 2.05) is 44.9 Å². The molecule has 1 fully saturated rings. The van der Waals surface area contributed by atoms with Crippen LogP contribution < -0.4 is 5.32 Å². The smallest absolute Gasteiger partial charge is 0.410 e. The van der Waals surface area contributed by atoms with Gasteiger partial charge in [-0.25, -0.2) is 4.79 Å². The van der Waals surface area contributed by atoms with Crippen LogP contribution in [0.3, 0.4) is 0 Å². The van der Waals surface area contributed by atoms with Gasteiger partial charge < -0.3 is 19.9 Å². The zero-order chi connectivity index (χ0) is 21.3. The van der Waals surface area contributed by atoms with Crippen LogP contribution >= 0.6 is 24.0 Å². The van der Waals surface area contributed by atoms with E-state index in [0.29, 0.717) is 26.2 Å². The van der Waals surface area contributed by atoms with Crippen molar-refractivity contribution in [2.75, 3.05) is 26.2 Å². The Morgan fingerprint density at radius 1 is 1.26 bits per heavy atom. The number of hydrogen-bond acceptors (Lipinski definition) is 6. The van der Waals surface area contributed by atoms with E-state index in [1.165, 1.54) is 5.56 Å². The monoisotopic (exact) mass is 538 g/mol. The highest BCUT2D eigenvalue weighted by Crippen LogP contribution is 2.21. The third-order valence-corrected chi connectivity index (χ3v) is 5.27. The Labute approximate surface area is 200 Å². The Hall–Kier alpha value is -2.30. The molecule has 0 radical (unpaired) electrons. The van der Waals surface area contributed by atoms with Crippen molar-refractivity contribution in [1.29, 1.82) is 0 Å². The largest absolute Gasteiger partial charge is 0.444 e. The van der Waals surface area contributed by atoms with E-state index in [9.17, 15) is 4.79 Å². The molecular formula is C22H31IN6O2. The van der Waals surface area contributed by atoms with Crippen LogP contribution in [0.4, 0.5) is 4.79 Å². The van der Waals surface area contributed by atoms with E-state index in [0.717, 1.165) is 23.6 Å². The number of ether oxygens (including phenoxy) is 1. The number of carbonyl (C=O) groups excluding carboxylic acids is 1. The summed E-state index contributed by atoms with van der Waals surface area (Å²) in [4.78, 5) is 21.1. The number of nitrogens with one attached hydrogen (secondary N) is 1. The number of piperazine rings is 1. The molecule has 1 aromatic heterocycles. The van der Waals surface area contributed by atoms with E-state index in [1.54, 1.807) is 4.90 Å². The summed E-state index contributed by atoms with van der Waals surface area (Å²) in [5.41, 5.74) is 2.97. The molecule has 0 saturated carbocycles. The summed E-state index contributed by atoms with van der Waals surface area (Å²) in [5.74, 6) is 0.913. The molecule has 0 bridgehead atoms. The van der Waals surface area contributed by atoms with Crippen molar-refractivity contribution >= 4 is 36.0 Å². The first-order valence-electron chi connectivity index (χ1n) is 10.4. The van der Waals surface area contributed by atoms with E-state index < -0.39 is 5.60 Å². The fourth-order valence-electron chi connectivity index (χ4n) is 3.84. The molecule has 4 rings (SSSR count). The second-order valence-corrected chi connectivity index (χ2v) is 8.89. The summed E-state index contributed by atoms with van der Waals surface area (Å²) in [5, 5.41) is 7.74. The minimum atomic E-state index is -0.475. The third-order valence-electron chi connectivity index (χ3n) is 5.27. The van der Waals surface area contributed by atoms with Crippen molar-refractivity contribution in [3.63, 3.8) is 0 Å². The van der Waals surface area contributed by atoms with Gasteiger partial charge in [0.1, 0.15) is 5.60 Å². The lowest BCUT2D eigenvalue weighted by Gasteiger charge is -2.39. The van der Waals surface area contributed by atoms with Gasteiger partial charge in [0.15, 0.2) is 5.96 Å². The zero-order valence-corrected chi connectivity index (χ0v) is 20.9. The van der Waals surface area contributed by atoms with Gasteiger partial charge >= 0.3 is 6.09 Å². The summed E-state index contributed by atoms with van der Waals surface area (Å²) in [6, 6.07) is 8.66. The molecule has 2 aromatic rings. The number of carbonyl (C=O) groups is 1. The molecule has 0 aliphatic carbocycles. The Morgan fingerprint density at radius 2 is 2.06 bits per heavy atom. The first kappa shape index (κ1) is 23.4. The van der Waals surface area contributed by atoms with Crippen LogP contribution in [0.1, 0.15) is 26.3 Å². The van der Waals surface area contributed by atoms with Crippen molar-refractivity contribution in [2.45, 2.75) is 39.0 Å². The van der Waals surface area contributed by atoms with Crippen molar-refractivity contribution in [3.05, 3.63) is 42.2 Å². The third kappa shape index (κ3) is 5.69. The fourth-order valence-corrected chi connectivity index (χ4v) is 3.84. The molecule has 2 aliphatic heterocycles. The number of aliphatic imine (C=N–C) groups is 1. The number of hydrogen-bond donors (Lipinski definition) is 1. The van der Waals surface area contributed by atoms with Gasteiger partial charge in [0.2, 0.25) is 0 Å². The molecule has 8 nitrogen and oxygen atoms in total. The summed E-state index contributed by atoms with van der Waals surface area (Å²) in [6.45, 7) is 9.11. The van der Waals surface area contributed by atoms with E-state index in [4.69, 9.17) is 4.74 Å². The highest BCUT2D eigenvalue weighted by molar-refractivity contribution is 14.0. The van der Waals surface area contributed by atoms with Crippen molar-refractivity contribution in [2.24, 2.45) is 12.0 Å². The summed E-state index contributed by atoms with van der Waals surface area (Å²) in [7, 11) is 1.92. The summed E-state index contributed by atoms with van der Waals surface area (Å²) >= 11 is 0. The Morgan fingerprint density at radius 3 is 2.77 bits per heavy atom. The average molecular weight is 538 g/mol. The molecule has 2 aliphatic rings. The number of amides is 1. The first-order valence-corrected chi connectivity index (χ1v) is 10.4. The number of guanidine groups is 1. The second kappa shape index (κ2) is 9.46. The lowest BCUT2D eigenvalue weighted by molar-refractivity contribution is 0.0137. The molecule has 1 aromatic carbocycles. The standard InChI is InChI=1S/C22H30N6O2.HI/c1-22(2,3)30-21(29)27-8-9-28-19(15-27)13-24-20(28)23-11-16-6-5-7-17(10-16)18-12-25-26(4)14-18;/h5-7,10,12,14,19H,8-9,11,13,15H2,1-4H3,(H,23,24);1H. The van der Waals surface area contributed by atoms with Crippen LogP contribution in [-0.2, 0) is 18.3 Å². The summed E-state index contributed by atoms with van der Waals surface area (Å²) < 4.78 is 7.33. The number of benzene rings is 1. The van der Waals surface area contributed by atoms with Crippen LogP contribution in [0.25, 0.3) is 11.1 Å². The first-order chi connectivity index (χ1) is 14.3. The molecule has 0 spiro atoms. The van der Waals surface area contributed by atoms with Crippen LogP contribution in [0, 0.1) is 0 Å². The Kier molecular flexibility index (Phi) is 7.13. The van der Waals surface area contributed by atoms with Gasteiger partial charge in [0.05, 0.1) is 18.8 Å². The maximum absolute atomic E-state index is 12.4. The molecular weight excluding hydrogens is 507 g/mol. The number of nitrogens with zero attached hydrogens (tertiary/aromatic N) is 5. The number of rotatable bonds is 3. The number of fused-ring (bicyclic) bond motifs is 1. The highest BCUT2D eigenvalue weighted by atomic mass is 127. The highest BCUT2D eigenvalue weighted by Gasteiger charge is 2.36. The molecule has 9 heteroatoms. The van der Waals surface area contributed by atoms with Gasteiger partial charge in [-0.05, 0) is 38.0 Å².